The number of hydrogen-bond donors (Lipinski definition) is 1. The molecule has 2 rings (SSSR count). The van der Waals surface area contributed by atoms with E-state index in [2.05, 4.69) is 49.2 Å². The van der Waals surface area contributed by atoms with Crippen LogP contribution in [0.25, 0.3) is 0 Å². The van der Waals surface area contributed by atoms with Crippen molar-refractivity contribution in [3.8, 4) is 12.3 Å². The van der Waals surface area contributed by atoms with E-state index < -0.39 is 5.60 Å². The molecule has 0 amide bonds. The van der Waals surface area contributed by atoms with E-state index in [4.69, 9.17) is 6.42 Å². The molecule has 0 radical (unpaired) electrons. The van der Waals surface area contributed by atoms with Gasteiger partial charge in [-0.2, -0.15) is 0 Å². The Morgan fingerprint density at radius 3 is 1.90 bits per heavy atom. The molecule has 1 atom stereocenters. The van der Waals surface area contributed by atoms with Crippen molar-refractivity contribution in [1.29, 1.82) is 0 Å². The van der Waals surface area contributed by atoms with Gasteiger partial charge >= 0.3 is 0 Å². The van der Waals surface area contributed by atoms with E-state index in [0.717, 1.165) is 11.1 Å². The van der Waals surface area contributed by atoms with Gasteiger partial charge in [0.15, 0.2) is 0 Å². The Kier molecular flexibility index (Phi) is 4.50. The summed E-state index contributed by atoms with van der Waals surface area (Å²) in [5.41, 5.74) is 3.91. The lowest BCUT2D eigenvalue weighted by Gasteiger charge is -2.18. The van der Waals surface area contributed by atoms with Gasteiger partial charge in [0, 0.05) is 17.9 Å². The highest BCUT2D eigenvalue weighted by molar-refractivity contribution is 5.39. The summed E-state index contributed by atoms with van der Waals surface area (Å²) in [6.45, 7) is 5.85. The molecule has 0 saturated heterocycles. The summed E-state index contributed by atoms with van der Waals surface area (Å²) < 4.78 is 0. The Morgan fingerprint density at radius 1 is 1.00 bits per heavy atom. The molecule has 0 saturated carbocycles. The SMILES string of the molecule is C#Cc1ccc(C(C)c2ccc(CC(C)(C)O)cc2)cc1. The summed E-state index contributed by atoms with van der Waals surface area (Å²) >= 11 is 0. The number of rotatable bonds is 4. The zero-order valence-electron chi connectivity index (χ0n) is 12.9. The van der Waals surface area contributed by atoms with Gasteiger partial charge in [-0.25, -0.2) is 0 Å². The highest BCUT2D eigenvalue weighted by Gasteiger charge is 2.14. The lowest BCUT2D eigenvalue weighted by atomic mass is 9.90. The molecule has 0 aliphatic carbocycles. The van der Waals surface area contributed by atoms with Gasteiger partial charge in [-0.3, -0.25) is 0 Å². The maximum Gasteiger partial charge on any atom is 0.0631 e. The lowest BCUT2D eigenvalue weighted by molar-refractivity contribution is 0.0810. The predicted octanol–water partition coefficient (Wildman–Crippen LogP) is 4.13. The molecule has 108 valence electrons. The van der Waals surface area contributed by atoms with E-state index >= 15 is 0 Å². The van der Waals surface area contributed by atoms with Crippen molar-refractivity contribution in [3.63, 3.8) is 0 Å². The molecular weight excluding hydrogens is 256 g/mol. The number of hydrogen-bond acceptors (Lipinski definition) is 1. The minimum Gasteiger partial charge on any atom is -0.390 e. The Hall–Kier alpha value is -2.04. The standard InChI is InChI=1S/C20H22O/c1-5-16-6-10-18(11-7-16)15(2)19-12-8-17(9-13-19)14-20(3,4)21/h1,6-13,15,21H,14H2,2-4H3. The third kappa shape index (κ3) is 4.21. The first-order valence-electron chi connectivity index (χ1n) is 7.27. The van der Waals surface area contributed by atoms with Crippen LogP contribution in [0.1, 0.15) is 48.9 Å². The fraction of sp³-hybridized carbons (Fsp3) is 0.300. The first-order valence-corrected chi connectivity index (χ1v) is 7.27. The number of terminal acetylenes is 1. The highest BCUT2D eigenvalue weighted by atomic mass is 16.3. The number of aliphatic hydroxyl groups is 1. The fourth-order valence-corrected chi connectivity index (χ4v) is 2.48. The third-order valence-corrected chi connectivity index (χ3v) is 3.69. The van der Waals surface area contributed by atoms with Crippen LogP contribution < -0.4 is 0 Å². The molecule has 2 aromatic rings. The Balaban J connectivity index is 2.15. The zero-order chi connectivity index (χ0) is 15.5. The van der Waals surface area contributed by atoms with Crippen LogP contribution >= 0.6 is 0 Å². The normalized spacial score (nSPS) is 12.7. The maximum absolute atomic E-state index is 9.86. The zero-order valence-corrected chi connectivity index (χ0v) is 12.9. The molecular formula is C20H22O. The average molecular weight is 278 g/mol. The lowest BCUT2D eigenvalue weighted by Crippen LogP contribution is -2.21. The van der Waals surface area contributed by atoms with E-state index in [-0.39, 0.29) is 0 Å². The third-order valence-electron chi connectivity index (χ3n) is 3.69. The van der Waals surface area contributed by atoms with E-state index in [1.165, 1.54) is 11.1 Å². The number of benzene rings is 2. The summed E-state index contributed by atoms with van der Waals surface area (Å²) in [6, 6.07) is 16.6. The molecule has 2 aromatic carbocycles. The van der Waals surface area contributed by atoms with E-state index in [1.807, 2.05) is 26.0 Å². The molecule has 0 heterocycles. The molecule has 0 bridgehead atoms. The Labute approximate surface area is 127 Å². The maximum atomic E-state index is 9.86. The van der Waals surface area contributed by atoms with Crippen molar-refractivity contribution in [1.82, 2.24) is 0 Å². The second-order valence-electron chi connectivity index (χ2n) is 6.22. The monoisotopic (exact) mass is 278 g/mol. The summed E-state index contributed by atoms with van der Waals surface area (Å²) in [5.74, 6) is 2.97. The van der Waals surface area contributed by atoms with E-state index in [9.17, 15) is 5.11 Å². The van der Waals surface area contributed by atoms with Gasteiger partial charge in [0.05, 0.1) is 5.60 Å². The molecule has 0 aliphatic heterocycles. The quantitative estimate of drug-likeness (QED) is 0.834. The minimum absolute atomic E-state index is 0.327. The van der Waals surface area contributed by atoms with Crippen LogP contribution in [-0.2, 0) is 6.42 Å². The summed E-state index contributed by atoms with van der Waals surface area (Å²) in [4.78, 5) is 0. The predicted molar refractivity (Wildman–Crippen MR) is 88.3 cm³/mol. The van der Waals surface area contributed by atoms with E-state index in [1.54, 1.807) is 0 Å². The molecule has 21 heavy (non-hydrogen) atoms. The van der Waals surface area contributed by atoms with Crippen molar-refractivity contribution in [2.24, 2.45) is 0 Å². The van der Waals surface area contributed by atoms with Gasteiger partial charge in [0.2, 0.25) is 0 Å². The molecule has 0 aromatic heterocycles. The van der Waals surface area contributed by atoms with Crippen molar-refractivity contribution in [2.45, 2.75) is 38.7 Å². The van der Waals surface area contributed by atoms with Crippen LogP contribution in [0.4, 0.5) is 0 Å². The van der Waals surface area contributed by atoms with Crippen LogP contribution in [0, 0.1) is 12.3 Å². The van der Waals surface area contributed by atoms with Crippen LogP contribution in [0.15, 0.2) is 48.5 Å². The van der Waals surface area contributed by atoms with Gasteiger partial charge < -0.3 is 5.11 Å². The molecule has 1 nitrogen and oxygen atoms in total. The smallest absolute Gasteiger partial charge is 0.0631 e. The first kappa shape index (κ1) is 15.4. The molecule has 1 unspecified atom stereocenters. The van der Waals surface area contributed by atoms with Crippen molar-refractivity contribution >= 4 is 0 Å². The van der Waals surface area contributed by atoms with Crippen molar-refractivity contribution < 1.29 is 5.11 Å². The van der Waals surface area contributed by atoms with Crippen molar-refractivity contribution in [3.05, 3.63) is 70.8 Å². The van der Waals surface area contributed by atoms with Crippen molar-refractivity contribution in [2.75, 3.05) is 0 Å². The van der Waals surface area contributed by atoms with Gasteiger partial charge in [0.25, 0.3) is 0 Å². The summed E-state index contributed by atoms with van der Waals surface area (Å²) in [6.07, 6.45) is 6.05. The highest BCUT2D eigenvalue weighted by Crippen LogP contribution is 2.25. The molecule has 1 heteroatoms. The topological polar surface area (TPSA) is 20.2 Å². The minimum atomic E-state index is -0.668. The van der Waals surface area contributed by atoms with Gasteiger partial charge in [-0.1, -0.05) is 49.2 Å². The van der Waals surface area contributed by atoms with E-state index in [0.29, 0.717) is 12.3 Å². The van der Waals surface area contributed by atoms with Gasteiger partial charge in [-0.05, 0) is 42.7 Å². The molecule has 0 aliphatic rings. The second kappa shape index (κ2) is 6.16. The largest absolute Gasteiger partial charge is 0.390 e. The van der Waals surface area contributed by atoms with Crippen LogP contribution in [-0.4, -0.2) is 10.7 Å². The fourth-order valence-electron chi connectivity index (χ4n) is 2.48. The second-order valence-corrected chi connectivity index (χ2v) is 6.22. The average Bonchev–Trinajstić information content (AvgIpc) is 2.46. The van der Waals surface area contributed by atoms with Gasteiger partial charge in [0.1, 0.15) is 0 Å². The van der Waals surface area contributed by atoms with Gasteiger partial charge in [-0.15, -0.1) is 6.42 Å². The summed E-state index contributed by atoms with van der Waals surface area (Å²) in [7, 11) is 0. The van der Waals surface area contributed by atoms with Crippen LogP contribution in [0.3, 0.4) is 0 Å². The van der Waals surface area contributed by atoms with Crippen LogP contribution in [0.5, 0.6) is 0 Å². The Morgan fingerprint density at radius 2 is 1.48 bits per heavy atom. The Bertz CT molecular complexity index is 622. The first-order chi connectivity index (χ1) is 9.89. The van der Waals surface area contributed by atoms with Crippen LogP contribution in [0.2, 0.25) is 0 Å². The molecule has 1 N–H and O–H groups in total. The summed E-state index contributed by atoms with van der Waals surface area (Å²) in [5, 5.41) is 9.86. The molecule has 0 spiro atoms. The molecule has 0 fully saturated rings.